The number of likely N-dealkylation sites (tertiary alicyclic amines) is 1. The van der Waals surface area contributed by atoms with E-state index in [9.17, 15) is 33.6 Å². The summed E-state index contributed by atoms with van der Waals surface area (Å²) in [4.78, 5) is 103. The second-order valence-electron chi connectivity index (χ2n) is 14.0. The summed E-state index contributed by atoms with van der Waals surface area (Å²) in [6.45, 7) is 6.94. The van der Waals surface area contributed by atoms with Gasteiger partial charge in [-0.2, -0.15) is 0 Å². The topological polar surface area (TPSA) is 199 Å². The van der Waals surface area contributed by atoms with Crippen LogP contribution in [0.2, 0.25) is 0 Å². The first-order valence-electron chi connectivity index (χ1n) is 16.4. The van der Waals surface area contributed by atoms with E-state index in [2.05, 4.69) is 20.6 Å². The summed E-state index contributed by atoms with van der Waals surface area (Å²) in [6, 6.07) is -3.27. The molecule has 250 valence electrons. The van der Waals surface area contributed by atoms with Crippen molar-refractivity contribution < 1.29 is 33.6 Å². The first kappa shape index (κ1) is 34.8. The molecule has 6 atom stereocenters. The molecule has 4 N–H and O–H groups in total. The number of nitrogens with two attached hydrogens (primary N) is 1. The zero-order valence-corrected chi connectivity index (χ0v) is 27.1. The Kier molecular flexibility index (Phi) is 11.1. The average molecular weight is 639 g/mol. The predicted molar refractivity (Wildman–Crippen MR) is 166 cm³/mol. The number of fused-ring (bicyclic) bond motifs is 1. The largest absolute Gasteiger partial charge is 0.363 e. The second kappa shape index (κ2) is 14.6. The van der Waals surface area contributed by atoms with Crippen LogP contribution in [0.4, 0.5) is 0 Å². The number of hydrogen-bond acceptors (Lipinski definition) is 9. The molecule has 0 bridgehead atoms. The first-order chi connectivity index (χ1) is 21.8. The molecule has 46 heavy (non-hydrogen) atoms. The fourth-order valence-electron chi connectivity index (χ4n) is 7.48. The molecule has 1 aromatic heterocycles. The maximum atomic E-state index is 14.5. The highest BCUT2D eigenvalue weighted by Crippen LogP contribution is 2.44. The van der Waals surface area contributed by atoms with E-state index in [1.165, 1.54) is 23.5 Å². The maximum Gasteiger partial charge on any atom is 0.287 e. The normalized spacial score (nSPS) is 23.5. The van der Waals surface area contributed by atoms with E-state index in [1.54, 1.807) is 27.7 Å². The van der Waals surface area contributed by atoms with Gasteiger partial charge >= 0.3 is 0 Å². The number of nitrogens with zero attached hydrogens (tertiary/aromatic N) is 3. The fourth-order valence-corrected chi connectivity index (χ4v) is 7.48. The summed E-state index contributed by atoms with van der Waals surface area (Å²) in [6.07, 6.45) is 10.5. The Morgan fingerprint density at radius 3 is 2.20 bits per heavy atom. The number of primary amides is 1. The van der Waals surface area contributed by atoms with E-state index in [0.717, 1.165) is 32.1 Å². The highest BCUT2D eigenvalue weighted by Gasteiger charge is 2.54. The minimum Gasteiger partial charge on any atom is -0.363 e. The van der Waals surface area contributed by atoms with Gasteiger partial charge in [-0.25, -0.2) is 4.98 Å². The lowest BCUT2D eigenvalue weighted by Gasteiger charge is -2.36. The van der Waals surface area contributed by atoms with Gasteiger partial charge in [-0.1, -0.05) is 53.4 Å². The van der Waals surface area contributed by atoms with Crippen molar-refractivity contribution in [2.24, 2.45) is 34.8 Å². The summed E-state index contributed by atoms with van der Waals surface area (Å²) in [5.41, 5.74) is 4.18. The number of aromatic nitrogens is 2. The van der Waals surface area contributed by atoms with E-state index in [4.69, 9.17) is 5.73 Å². The molecule has 1 aromatic rings. The molecule has 0 aromatic carbocycles. The summed E-state index contributed by atoms with van der Waals surface area (Å²) < 4.78 is 0. The number of nitrogens with one attached hydrogen (secondary N) is 2. The molecule has 1 unspecified atom stereocenters. The van der Waals surface area contributed by atoms with Crippen molar-refractivity contribution in [3.63, 3.8) is 0 Å². The van der Waals surface area contributed by atoms with Crippen molar-refractivity contribution in [1.29, 1.82) is 0 Å². The third-order valence-electron chi connectivity index (χ3n) is 9.83. The molecule has 0 radical (unpaired) electrons. The zero-order chi connectivity index (χ0) is 33.8. The molecule has 1 aliphatic heterocycles. The molecular formula is C33H46N6O7. The van der Waals surface area contributed by atoms with Gasteiger partial charge in [0.1, 0.15) is 17.7 Å². The number of carbonyl (C=O) groups is 7. The Bertz CT molecular complexity index is 1350. The van der Waals surface area contributed by atoms with Crippen molar-refractivity contribution in [2.75, 3.05) is 6.54 Å². The van der Waals surface area contributed by atoms with E-state index in [1.807, 2.05) is 0 Å². The molecule has 1 saturated heterocycles. The maximum absolute atomic E-state index is 14.5. The van der Waals surface area contributed by atoms with Crippen LogP contribution in [-0.2, 0) is 28.8 Å². The van der Waals surface area contributed by atoms with Crippen LogP contribution in [0.25, 0.3) is 0 Å². The molecular weight excluding hydrogens is 592 g/mol. The molecule has 0 spiro atoms. The van der Waals surface area contributed by atoms with Gasteiger partial charge in [0.2, 0.25) is 29.2 Å². The van der Waals surface area contributed by atoms with Crippen molar-refractivity contribution in [3.05, 3.63) is 24.3 Å². The molecule has 13 nitrogen and oxygen atoms in total. The number of rotatable bonds is 12. The van der Waals surface area contributed by atoms with Crippen LogP contribution in [0.5, 0.6) is 0 Å². The minimum atomic E-state index is -1.43. The van der Waals surface area contributed by atoms with Crippen molar-refractivity contribution >= 4 is 41.0 Å². The standard InChI is InChI=1S/C33H46N6O7/c1-5-21(26(40)29(34)43)37-31(45)25-20-13-9-12-19(20)17-39(25)32(46)23(33(2,3)4)27(41)28(42)24(18-10-7-6-8-11-18)38-30(44)22-16-35-14-15-36-22/h14-16,18-21,23-25H,5-13,17H2,1-4H3,(H2,34,43)(H,37,45)(H,38,44)/t19-,20-,21?,23+,24-,25-/m0/s1. The fraction of sp³-hybridized carbons (Fsp3) is 0.667. The molecule has 4 amide bonds. The second-order valence-corrected chi connectivity index (χ2v) is 14.0. The van der Waals surface area contributed by atoms with E-state index >= 15 is 0 Å². The van der Waals surface area contributed by atoms with Crippen molar-refractivity contribution in [2.45, 2.75) is 104 Å². The lowest BCUT2D eigenvalue weighted by molar-refractivity contribution is -0.154. The number of amides is 4. The van der Waals surface area contributed by atoms with Crippen LogP contribution in [0.3, 0.4) is 0 Å². The van der Waals surface area contributed by atoms with Gasteiger partial charge in [-0.3, -0.25) is 38.5 Å². The molecule has 2 saturated carbocycles. The number of Topliss-reactive ketones (excluding diaryl/α,β-unsaturated/α-hetero) is 3. The minimum absolute atomic E-state index is 0.00432. The molecule has 3 fully saturated rings. The summed E-state index contributed by atoms with van der Waals surface area (Å²) >= 11 is 0. The van der Waals surface area contributed by atoms with E-state index in [0.29, 0.717) is 19.3 Å². The zero-order valence-electron chi connectivity index (χ0n) is 27.1. The van der Waals surface area contributed by atoms with Gasteiger partial charge in [0.15, 0.2) is 0 Å². The van der Waals surface area contributed by atoms with Gasteiger partial charge in [-0.05, 0) is 55.3 Å². The summed E-state index contributed by atoms with van der Waals surface area (Å²) in [5, 5.41) is 5.36. The van der Waals surface area contributed by atoms with Crippen LogP contribution in [0, 0.1) is 29.1 Å². The molecule has 2 heterocycles. The lowest BCUT2D eigenvalue weighted by atomic mass is 9.73. The molecule has 4 rings (SSSR count). The van der Waals surface area contributed by atoms with E-state index in [-0.39, 0.29) is 36.4 Å². The average Bonchev–Trinajstić information content (AvgIpc) is 3.63. The van der Waals surface area contributed by atoms with Crippen LogP contribution < -0.4 is 16.4 Å². The van der Waals surface area contributed by atoms with Crippen LogP contribution in [0.15, 0.2) is 18.6 Å². The highest BCUT2D eigenvalue weighted by atomic mass is 16.2. The Labute approximate surface area is 269 Å². The SMILES string of the molecule is CCC(NC(=O)[C@@H]1[C@H]2CCC[C@H]2CN1C(=O)[C@@H](C(=O)C(=O)[C@@H](NC(=O)c1cnccn1)C1CCCCC1)C(C)(C)C)C(=O)C(N)=O. The molecule has 3 aliphatic rings. The summed E-state index contributed by atoms with van der Waals surface area (Å²) in [5.74, 6) is -7.64. The Morgan fingerprint density at radius 2 is 1.61 bits per heavy atom. The smallest absolute Gasteiger partial charge is 0.287 e. The third-order valence-corrected chi connectivity index (χ3v) is 9.83. The Balaban J connectivity index is 1.63. The van der Waals surface area contributed by atoms with Gasteiger partial charge in [0.25, 0.3) is 11.8 Å². The Hall–Kier alpha value is -4.03. The van der Waals surface area contributed by atoms with Crippen LogP contribution in [-0.4, -0.2) is 80.5 Å². The summed E-state index contributed by atoms with van der Waals surface area (Å²) in [7, 11) is 0. The number of hydrogen-bond donors (Lipinski definition) is 3. The highest BCUT2D eigenvalue weighted by molar-refractivity contribution is 6.43. The quantitative estimate of drug-likeness (QED) is 0.224. The third kappa shape index (κ3) is 7.50. The van der Waals surface area contributed by atoms with E-state index < -0.39 is 70.4 Å². The molecule has 2 aliphatic carbocycles. The number of carbonyl (C=O) groups excluding carboxylic acids is 7. The van der Waals surface area contributed by atoms with Gasteiger partial charge in [0.05, 0.1) is 18.3 Å². The van der Waals surface area contributed by atoms with Crippen LogP contribution >= 0.6 is 0 Å². The Morgan fingerprint density at radius 1 is 0.913 bits per heavy atom. The first-order valence-corrected chi connectivity index (χ1v) is 16.4. The monoisotopic (exact) mass is 638 g/mol. The van der Waals surface area contributed by atoms with Gasteiger partial charge in [-0.15, -0.1) is 0 Å². The molecule has 13 heteroatoms. The van der Waals surface area contributed by atoms with Crippen molar-refractivity contribution in [3.8, 4) is 0 Å². The van der Waals surface area contributed by atoms with Crippen molar-refractivity contribution in [1.82, 2.24) is 25.5 Å². The van der Waals surface area contributed by atoms with Gasteiger partial charge in [0, 0.05) is 18.9 Å². The lowest BCUT2D eigenvalue weighted by Crippen LogP contribution is -2.58. The van der Waals surface area contributed by atoms with Crippen LogP contribution in [0.1, 0.15) is 96.0 Å². The predicted octanol–water partition coefficient (Wildman–Crippen LogP) is 1.53. The number of ketones is 3. The van der Waals surface area contributed by atoms with Gasteiger partial charge < -0.3 is 21.3 Å².